The lowest BCUT2D eigenvalue weighted by atomic mass is 10.1. The number of rotatable bonds is 8. The Bertz CT molecular complexity index is 1230. The number of fused-ring (bicyclic) bond motifs is 1. The molecule has 3 rings (SSSR count). The van der Waals surface area contributed by atoms with Crippen molar-refractivity contribution in [2.75, 3.05) is 11.9 Å². The standard InChI is InChI=1S/C24H26N4O5/c1-15-7-6-8-16(2)23(15)27-21(30)14-25-24(32)17(3)33-22(31)11-12-28-19-10-5-4-9-18(19)20(29)13-26-28/h4-10,13,17H,11-12,14H2,1-3H3,(H,25,32)(H,27,30). The molecule has 2 N–H and O–H groups in total. The predicted molar refractivity (Wildman–Crippen MR) is 124 cm³/mol. The zero-order valence-electron chi connectivity index (χ0n) is 18.8. The molecular formula is C24H26N4O5. The van der Waals surface area contributed by atoms with Crippen LogP contribution in [0.2, 0.25) is 0 Å². The minimum Gasteiger partial charge on any atom is -0.452 e. The number of nitrogens with one attached hydrogen (secondary N) is 2. The number of esters is 1. The molecule has 3 aromatic rings. The Labute approximate surface area is 190 Å². The van der Waals surface area contributed by atoms with E-state index in [1.165, 1.54) is 13.1 Å². The van der Waals surface area contributed by atoms with Crippen molar-refractivity contribution in [3.8, 4) is 0 Å². The number of nitrogens with zero attached hydrogens (tertiary/aromatic N) is 2. The van der Waals surface area contributed by atoms with Crippen LogP contribution >= 0.6 is 0 Å². The van der Waals surface area contributed by atoms with Crippen molar-refractivity contribution in [1.82, 2.24) is 15.1 Å². The van der Waals surface area contributed by atoms with Crippen LogP contribution in [0.3, 0.4) is 0 Å². The van der Waals surface area contributed by atoms with Gasteiger partial charge in [-0.15, -0.1) is 0 Å². The Morgan fingerprint density at radius 3 is 2.48 bits per heavy atom. The molecule has 0 bridgehead atoms. The van der Waals surface area contributed by atoms with E-state index < -0.39 is 18.0 Å². The van der Waals surface area contributed by atoms with E-state index in [-0.39, 0.29) is 30.8 Å². The summed E-state index contributed by atoms with van der Waals surface area (Å²) >= 11 is 0. The molecule has 0 saturated heterocycles. The molecule has 1 atom stereocenters. The SMILES string of the molecule is Cc1cccc(C)c1NC(=O)CNC(=O)C(C)OC(=O)CCn1ncc(=O)c2ccccc21. The number of benzene rings is 2. The smallest absolute Gasteiger partial charge is 0.308 e. The number of ether oxygens (including phenoxy) is 1. The average molecular weight is 450 g/mol. The number of para-hydroxylation sites is 2. The highest BCUT2D eigenvalue weighted by Gasteiger charge is 2.19. The molecule has 33 heavy (non-hydrogen) atoms. The van der Waals surface area contributed by atoms with E-state index >= 15 is 0 Å². The molecule has 1 aromatic heterocycles. The zero-order chi connectivity index (χ0) is 24.0. The van der Waals surface area contributed by atoms with Crippen molar-refractivity contribution in [3.05, 3.63) is 70.0 Å². The molecular weight excluding hydrogens is 424 g/mol. The number of hydrogen-bond acceptors (Lipinski definition) is 6. The second-order valence-corrected chi connectivity index (χ2v) is 7.66. The number of aromatic nitrogens is 2. The summed E-state index contributed by atoms with van der Waals surface area (Å²) in [6, 6.07) is 12.6. The van der Waals surface area contributed by atoms with E-state index in [0.29, 0.717) is 16.6 Å². The van der Waals surface area contributed by atoms with Gasteiger partial charge < -0.3 is 15.4 Å². The minimum absolute atomic E-state index is 0.0372. The number of anilines is 1. The summed E-state index contributed by atoms with van der Waals surface area (Å²) in [6.07, 6.45) is 0.0989. The van der Waals surface area contributed by atoms with E-state index in [1.807, 2.05) is 32.0 Å². The molecule has 0 spiro atoms. The predicted octanol–water partition coefficient (Wildman–Crippen LogP) is 2.09. The minimum atomic E-state index is -1.07. The highest BCUT2D eigenvalue weighted by molar-refractivity contribution is 5.96. The normalized spacial score (nSPS) is 11.6. The van der Waals surface area contributed by atoms with Crippen LogP contribution in [0.5, 0.6) is 0 Å². The summed E-state index contributed by atoms with van der Waals surface area (Å²) < 4.78 is 6.72. The Morgan fingerprint density at radius 2 is 1.76 bits per heavy atom. The first-order valence-electron chi connectivity index (χ1n) is 10.5. The topological polar surface area (TPSA) is 119 Å². The van der Waals surface area contributed by atoms with Crippen molar-refractivity contribution >= 4 is 34.4 Å². The van der Waals surface area contributed by atoms with Crippen LogP contribution in [-0.4, -0.2) is 40.2 Å². The van der Waals surface area contributed by atoms with Crippen LogP contribution in [0.25, 0.3) is 10.9 Å². The summed E-state index contributed by atoms with van der Waals surface area (Å²) in [7, 11) is 0. The van der Waals surface area contributed by atoms with E-state index in [9.17, 15) is 19.2 Å². The van der Waals surface area contributed by atoms with Gasteiger partial charge >= 0.3 is 5.97 Å². The van der Waals surface area contributed by atoms with Crippen molar-refractivity contribution < 1.29 is 19.1 Å². The van der Waals surface area contributed by atoms with Crippen LogP contribution in [0.1, 0.15) is 24.5 Å². The van der Waals surface area contributed by atoms with E-state index in [1.54, 1.807) is 28.9 Å². The first-order chi connectivity index (χ1) is 15.8. The number of hydrogen-bond donors (Lipinski definition) is 2. The molecule has 0 fully saturated rings. The van der Waals surface area contributed by atoms with Crippen molar-refractivity contribution in [3.63, 3.8) is 0 Å². The van der Waals surface area contributed by atoms with Gasteiger partial charge in [0.2, 0.25) is 11.3 Å². The Balaban J connectivity index is 1.48. The molecule has 0 saturated carbocycles. The second-order valence-electron chi connectivity index (χ2n) is 7.66. The third kappa shape index (κ3) is 6.03. The molecule has 172 valence electrons. The van der Waals surface area contributed by atoms with Crippen LogP contribution < -0.4 is 16.1 Å². The van der Waals surface area contributed by atoms with Crippen LogP contribution in [-0.2, 0) is 25.7 Å². The summed E-state index contributed by atoms with van der Waals surface area (Å²) in [5.74, 6) is -1.55. The number of carbonyl (C=O) groups excluding carboxylic acids is 3. The molecule has 1 unspecified atom stereocenters. The Morgan fingerprint density at radius 1 is 1.06 bits per heavy atom. The zero-order valence-corrected chi connectivity index (χ0v) is 18.8. The maximum absolute atomic E-state index is 12.2. The molecule has 9 nitrogen and oxygen atoms in total. The van der Waals surface area contributed by atoms with Gasteiger partial charge in [-0.1, -0.05) is 30.3 Å². The van der Waals surface area contributed by atoms with Crippen LogP contribution in [0.4, 0.5) is 5.69 Å². The maximum Gasteiger partial charge on any atom is 0.308 e. The van der Waals surface area contributed by atoms with Gasteiger partial charge in [-0.25, -0.2) is 0 Å². The van der Waals surface area contributed by atoms with Gasteiger partial charge in [0, 0.05) is 11.1 Å². The molecule has 1 heterocycles. The summed E-state index contributed by atoms with van der Waals surface area (Å²) in [5.41, 5.74) is 2.96. The molecule has 0 radical (unpaired) electrons. The fraction of sp³-hybridized carbons (Fsp3) is 0.292. The van der Waals surface area contributed by atoms with Gasteiger partial charge in [-0.3, -0.25) is 23.9 Å². The maximum atomic E-state index is 12.2. The second kappa shape index (κ2) is 10.5. The fourth-order valence-electron chi connectivity index (χ4n) is 3.35. The van der Waals surface area contributed by atoms with E-state index in [4.69, 9.17) is 4.74 Å². The lowest BCUT2D eigenvalue weighted by Crippen LogP contribution is -2.40. The van der Waals surface area contributed by atoms with Crippen LogP contribution in [0.15, 0.2) is 53.5 Å². The summed E-state index contributed by atoms with van der Waals surface area (Å²) in [6.45, 7) is 5.14. The number of aryl methyl sites for hydroxylation is 3. The first kappa shape index (κ1) is 23.6. The lowest BCUT2D eigenvalue weighted by Gasteiger charge is -2.15. The fourth-order valence-corrected chi connectivity index (χ4v) is 3.35. The lowest BCUT2D eigenvalue weighted by molar-refractivity contribution is -0.155. The van der Waals surface area contributed by atoms with Crippen molar-refractivity contribution in [2.45, 2.75) is 39.8 Å². The summed E-state index contributed by atoms with van der Waals surface area (Å²) in [4.78, 5) is 48.5. The van der Waals surface area contributed by atoms with Gasteiger partial charge in [0.05, 0.1) is 31.2 Å². The quantitative estimate of drug-likeness (QED) is 0.507. The van der Waals surface area contributed by atoms with E-state index in [2.05, 4.69) is 15.7 Å². The third-order valence-corrected chi connectivity index (χ3v) is 5.14. The van der Waals surface area contributed by atoms with Crippen molar-refractivity contribution in [2.24, 2.45) is 0 Å². The first-order valence-corrected chi connectivity index (χ1v) is 10.5. The number of amides is 2. The van der Waals surface area contributed by atoms with E-state index in [0.717, 1.165) is 11.1 Å². The largest absolute Gasteiger partial charge is 0.452 e. The highest BCUT2D eigenvalue weighted by Crippen LogP contribution is 2.19. The Hall–Kier alpha value is -4.01. The van der Waals surface area contributed by atoms with Crippen molar-refractivity contribution in [1.29, 1.82) is 0 Å². The van der Waals surface area contributed by atoms with Crippen LogP contribution in [0, 0.1) is 13.8 Å². The third-order valence-electron chi connectivity index (χ3n) is 5.14. The molecule has 9 heteroatoms. The summed E-state index contributed by atoms with van der Waals surface area (Å²) in [5, 5.41) is 9.82. The average Bonchev–Trinajstić information content (AvgIpc) is 2.79. The molecule has 2 amide bonds. The van der Waals surface area contributed by atoms with Gasteiger partial charge in [0.1, 0.15) is 0 Å². The molecule has 0 aliphatic carbocycles. The van der Waals surface area contributed by atoms with Gasteiger partial charge in [0.15, 0.2) is 6.10 Å². The van der Waals surface area contributed by atoms with Gasteiger partial charge in [-0.05, 0) is 44.0 Å². The number of carbonyl (C=O) groups is 3. The monoisotopic (exact) mass is 450 g/mol. The van der Waals surface area contributed by atoms with Gasteiger partial charge in [0.25, 0.3) is 5.91 Å². The highest BCUT2D eigenvalue weighted by atomic mass is 16.5. The molecule has 0 aliphatic heterocycles. The molecule has 2 aromatic carbocycles. The van der Waals surface area contributed by atoms with Gasteiger partial charge in [-0.2, -0.15) is 5.10 Å². The Kier molecular flexibility index (Phi) is 7.55. The molecule has 0 aliphatic rings.